The van der Waals surface area contributed by atoms with Gasteiger partial charge in [-0.25, -0.2) is 0 Å². The maximum absolute atomic E-state index is 11.5. The van der Waals surface area contributed by atoms with Gasteiger partial charge in [-0.15, -0.1) is 6.58 Å². The predicted octanol–water partition coefficient (Wildman–Crippen LogP) is 4.27. The van der Waals surface area contributed by atoms with E-state index in [4.69, 9.17) is 0 Å². The Morgan fingerprint density at radius 3 is 2.40 bits per heavy atom. The molecule has 0 aromatic heterocycles. The van der Waals surface area contributed by atoms with Crippen molar-refractivity contribution in [2.24, 2.45) is 5.92 Å². The summed E-state index contributed by atoms with van der Waals surface area (Å²) in [7, 11) is 0. The van der Waals surface area contributed by atoms with Gasteiger partial charge in [-0.2, -0.15) is 0 Å². The Hall–Kier alpha value is -0.590. The summed E-state index contributed by atoms with van der Waals surface area (Å²) in [5.41, 5.74) is 1.13. The van der Waals surface area contributed by atoms with Gasteiger partial charge < -0.3 is 0 Å². The lowest BCUT2D eigenvalue weighted by Gasteiger charge is -2.20. The highest BCUT2D eigenvalue weighted by Gasteiger charge is 2.14. The van der Waals surface area contributed by atoms with Crippen LogP contribution in [-0.4, -0.2) is 5.78 Å². The average molecular weight is 208 g/mol. The lowest BCUT2D eigenvalue weighted by Crippen LogP contribution is -2.08. The summed E-state index contributed by atoms with van der Waals surface area (Å²) in [6.45, 7) is 5.82. The molecule has 0 radical (unpaired) electrons. The van der Waals surface area contributed by atoms with Crippen molar-refractivity contribution in [2.45, 2.75) is 64.7 Å². The summed E-state index contributed by atoms with van der Waals surface area (Å²) in [4.78, 5) is 11.5. The molecule has 1 heteroatoms. The third kappa shape index (κ3) is 5.76. The zero-order chi connectivity index (χ0) is 11.1. The molecule has 0 saturated heterocycles. The van der Waals surface area contributed by atoms with Crippen molar-refractivity contribution in [1.82, 2.24) is 0 Å². The SMILES string of the molecule is C=C(C)CCC(=O)CCC1CCCCC1. The van der Waals surface area contributed by atoms with Crippen LogP contribution in [0.3, 0.4) is 0 Å². The summed E-state index contributed by atoms with van der Waals surface area (Å²) in [5.74, 6) is 1.27. The van der Waals surface area contributed by atoms with Gasteiger partial charge in [0.15, 0.2) is 0 Å². The van der Waals surface area contributed by atoms with E-state index < -0.39 is 0 Å². The van der Waals surface area contributed by atoms with Gasteiger partial charge in [0.1, 0.15) is 5.78 Å². The maximum atomic E-state index is 11.5. The van der Waals surface area contributed by atoms with E-state index in [0.29, 0.717) is 12.2 Å². The van der Waals surface area contributed by atoms with Crippen molar-refractivity contribution in [1.29, 1.82) is 0 Å². The lowest BCUT2D eigenvalue weighted by atomic mass is 9.85. The number of carbonyl (C=O) groups is 1. The Labute approximate surface area is 93.9 Å². The molecule has 0 unspecified atom stereocenters. The van der Waals surface area contributed by atoms with Gasteiger partial charge >= 0.3 is 0 Å². The minimum Gasteiger partial charge on any atom is -0.300 e. The molecule has 0 aromatic carbocycles. The van der Waals surface area contributed by atoms with E-state index in [0.717, 1.165) is 30.8 Å². The molecule has 0 N–H and O–H groups in total. The molecule has 0 aliphatic heterocycles. The largest absolute Gasteiger partial charge is 0.300 e. The molecule has 86 valence electrons. The third-order valence-electron chi connectivity index (χ3n) is 3.39. The first-order valence-electron chi connectivity index (χ1n) is 6.34. The minimum absolute atomic E-state index is 0.434. The van der Waals surface area contributed by atoms with Crippen LogP contribution in [0, 0.1) is 5.92 Å². The van der Waals surface area contributed by atoms with Crippen molar-refractivity contribution in [2.75, 3.05) is 0 Å². The van der Waals surface area contributed by atoms with E-state index in [9.17, 15) is 4.79 Å². The molecule has 0 spiro atoms. The van der Waals surface area contributed by atoms with Gasteiger partial charge in [0.2, 0.25) is 0 Å². The first kappa shape index (κ1) is 12.5. The van der Waals surface area contributed by atoms with E-state index >= 15 is 0 Å². The van der Waals surface area contributed by atoms with Crippen molar-refractivity contribution in [3.05, 3.63) is 12.2 Å². The number of Topliss-reactive ketones (excluding diaryl/α,β-unsaturated/α-hetero) is 1. The minimum atomic E-state index is 0.434. The molecule has 0 bridgehead atoms. The molecular formula is C14H24O. The number of rotatable bonds is 6. The summed E-state index contributed by atoms with van der Waals surface area (Å²) in [6.07, 6.45) is 10.4. The zero-order valence-corrected chi connectivity index (χ0v) is 10.1. The zero-order valence-electron chi connectivity index (χ0n) is 10.1. The van der Waals surface area contributed by atoms with Crippen LogP contribution in [0.4, 0.5) is 0 Å². The monoisotopic (exact) mass is 208 g/mol. The lowest BCUT2D eigenvalue weighted by molar-refractivity contribution is -0.119. The molecule has 0 aromatic rings. The number of hydrogen-bond acceptors (Lipinski definition) is 1. The Bertz CT molecular complexity index is 211. The normalized spacial score (nSPS) is 17.7. The first-order chi connectivity index (χ1) is 7.18. The highest BCUT2D eigenvalue weighted by atomic mass is 16.1. The average Bonchev–Trinajstić information content (AvgIpc) is 2.25. The first-order valence-corrected chi connectivity index (χ1v) is 6.34. The molecule has 15 heavy (non-hydrogen) atoms. The van der Waals surface area contributed by atoms with Crippen LogP contribution < -0.4 is 0 Å². The molecule has 0 heterocycles. The fraction of sp³-hybridized carbons (Fsp3) is 0.786. The molecular weight excluding hydrogens is 184 g/mol. The van der Waals surface area contributed by atoms with Crippen molar-refractivity contribution in [3.8, 4) is 0 Å². The van der Waals surface area contributed by atoms with E-state index in [2.05, 4.69) is 6.58 Å². The smallest absolute Gasteiger partial charge is 0.133 e. The fourth-order valence-corrected chi connectivity index (χ4v) is 2.32. The number of hydrogen-bond donors (Lipinski definition) is 0. The topological polar surface area (TPSA) is 17.1 Å². The Kier molecular flexibility index (Phi) is 5.67. The molecule has 1 rings (SSSR count). The summed E-state index contributed by atoms with van der Waals surface area (Å²) in [5, 5.41) is 0. The quantitative estimate of drug-likeness (QED) is 0.596. The Balaban J connectivity index is 2.07. The van der Waals surface area contributed by atoms with E-state index in [1.165, 1.54) is 32.1 Å². The van der Waals surface area contributed by atoms with Crippen LogP contribution in [0.15, 0.2) is 12.2 Å². The van der Waals surface area contributed by atoms with Crippen LogP contribution in [0.2, 0.25) is 0 Å². The molecule has 0 amide bonds. The van der Waals surface area contributed by atoms with Crippen LogP contribution in [0.25, 0.3) is 0 Å². The number of allylic oxidation sites excluding steroid dienone is 1. The van der Waals surface area contributed by atoms with Crippen molar-refractivity contribution >= 4 is 5.78 Å². The summed E-state index contributed by atoms with van der Waals surface area (Å²) >= 11 is 0. The van der Waals surface area contributed by atoms with Crippen LogP contribution in [0.5, 0.6) is 0 Å². The summed E-state index contributed by atoms with van der Waals surface area (Å²) in [6, 6.07) is 0. The van der Waals surface area contributed by atoms with E-state index in [1.807, 2.05) is 6.92 Å². The van der Waals surface area contributed by atoms with E-state index in [1.54, 1.807) is 0 Å². The maximum Gasteiger partial charge on any atom is 0.133 e. The molecule has 1 aliphatic rings. The van der Waals surface area contributed by atoms with Gasteiger partial charge in [0.25, 0.3) is 0 Å². The van der Waals surface area contributed by atoms with Gasteiger partial charge in [0.05, 0.1) is 0 Å². The molecule has 1 fully saturated rings. The van der Waals surface area contributed by atoms with Gasteiger partial charge in [-0.1, -0.05) is 37.7 Å². The van der Waals surface area contributed by atoms with E-state index in [-0.39, 0.29) is 0 Å². The molecule has 1 saturated carbocycles. The fourth-order valence-electron chi connectivity index (χ4n) is 2.32. The summed E-state index contributed by atoms with van der Waals surface area (Å²) < 4.78 is 0. The van der Waals surface area contributed by atoms with Crippen molar-refractivity contribution in [3.63, 3.8) is 0 Å². The van der Waals surface area contributed by atoms with Crippen LogP contribution in [-0.2, 0) is 4.79 Å². The van der Waals surface area contributed by atoms with Crippen molar-refractivity contribution < 1.29 is 4.79 Å². The Morgan fingerprint density at radius 2 is 1.80 bits per heavy atom. The Morgan fingerprint density at radius 1 is 1.13 bits per heavy atom. The molecule has 1 aliphatic carbocycles. The van der Waals surface area contributed by atoms with Crippen LogP contribution in [0.1, 0.15) is 64.7 Å². The highest BCUT2D eigenvalue weighted by Crippen LogP contribution is 2.27. The standard InChI is InChI=1S/C14H24O/c1-12(2)8-10-14(15)11-9-13-6-4-3-5-7-13/h13H,1,3-11H2,2H3. The highest BCUT2D eigenvalue weighted by molar-refractivity contribution is 5.78. The van der Waals surface area contributed by atoms with Gasteiger partial charge in [-0.3, -0.25) is 4.79 Å². The number of ketones is 1. The molecule has 1 nitrogen and oxygen atoms in total. The second kappa shape index (κ2) is 6.81. The predicted molar refractivity (Wildman–Crippen MR) is 64.9 cm³/mol. The number of carbonyl (C=O) groups excluding carboxylic acids is 1. The van der Waals surface area contributed by atoms with Gasteiger partial charge in [-0.05, 0) is 25.7 Å². The molecule has 0 atom stereocenters. The van der Waals surface area contributed by atoms with Gasteiger partial charge in [0, 0.05) is 12.8 Å². The second-order valence-electron chi connectivity index (χ2n) is 5.04. The third-order valence-corrected chi connectivity index (χ3v) is 3.39. The second-order valence-corrected chi connectivity index (χ2v) is 5.04. The van der Waals surface area contributed by atoms with Crippen LogP contribution >= 0.6 is 0 Å².